The van der Waals surface area contributed by atoms with Crippen molar-refractivity contribution < 1.29 is 43.9 Å². The van der Waals surface area contributed by atoms with Gasteiger partial charge in [0.15, 0.2) is 12.1 Å². The number of hydrogen-bond donors (Lipinski definition) is 3. The molecule has 3 N–H and O–H groups in total. The number of rotatable bonds is 11. The van der Waals surface area contributed by atoms with Gasteiger partial charge in [-0.05, 0) is 80.6 Å². The maximum Gasteiger partial charge on any atom is 0.319 e. The van der Waals surface area contributed by atoms with Crippen LogP contribution in [0.2, 0.25) is 0 Å². The molecule has 10 atom stereocenters. The maximum absolute atomic E-state index is 14.2. The lowest BCUT2D eigenvalue weighted by Gasteiger charge is -2.47. The predicted molar refractivity (Wildman–Crippen MR) is 172 cm³/mol. The van der Waals surface area contributed by atoms with E-state index in [2.05, 4.69) is 11.8 Å². The van der Waals surface area contributed by atoms with Gasteiger partial charge in [0, 0.05) is 38.7 Å². The number of carbonyl (C=O) groups is 2. The summed E-state index contributed by atoms with van der Waals surface area (Å²) in [5.74, 6) is -1.84. The number of Topliss-reactive ketones (excluding diaryl/α,β-unsaturated/α-hetero) is 1. The standard InChI is InChI=1S/C33H63N3O9/c1-12-36-19-21(2)18-33(7,42-11)29(45-30-27(39)24(34(8)9)17-22(3)44-30)23(4)28(40)32(5,6)31(41)43-20-25(36)26(38)13-14-35(10)15-16-37/h21-27,29-30,37-39H,12-20H2,1-11H3/t21-,22-,23+,24+,25+,26-,27-,29-,30+,33-/m1/s1. The monoisotopic (exact) mass is 645 g/mol. The second kappa shape index (κ2) is 17.3. The molecule has 2 aliphatic heterocycles. The highest BCUT2D eigenvalue weighted by molar-refractivity contribution is 6.04. The van der Waals surface area contributed by atoms with Gasteiger partial charge >= 0.3 is 5.97 Å². The number of ether oxygens (including phenoxy) is 4. The van der Waals surface area contributed by atoms with Gasteiger partial charge in [0.2, 0.25) is 0 Å². The lowest BCUT2D eigenvalue weighted by molar-refractivity contribution is -0.295. The van der Waals surface area contributed by atoms with Crippen molar-refractivity contribution in [2.24, 2.45) is 17.3 Å². The summed E-state index contributed by atoms with van der Waals surface area (Å²) in [6.07, 6.45) is -2.29. The van der Waals surface area contributed by atoms with Crippen LogP contribution in [0.15, 0.2) is 0 Å². The number of aliphatic hydroxyl groups is 3. The van der Waals surface area contributed by atoms with Crippen LogP contribution < -0.4 is 0 Å². The Morgan fingerprint density at radius 3 is 2.31 bits per heavy atom. The number of nitrogens with zero attached hydrogens (tertiary/aromatic N) is 3. The van der Waals surface area contributed by atoms with Gasteiger partial charge in [0.05, 0.1) is 36.6 Å². The molecular weight excluding hydrogens is 582 g/mol. The molecule has 0 unspecified atom stereocenters. The lowest BCUT2D eigenvalue weighted by Crippen LogP contribution is -2.59. The van der Waals surface area contributed by atoms with E-state index in [1.165, 1.54) is 0 Å². The first-order chi connectivity index (χ1) is 20.9. The van der Waals surface area contributed by atoms with Crippen molar-refractivity contribution >= 4 is 11.8 Å². The van der Waals surface area contributed by atoms with Crippen LogP contribution in [0, 0.1) is 17.3 Å². The Morgan fingerprint density at radius 2 is 1.76 bits per heavy atom. The number of aliphatic hydroxyl groups excluding tert-OH is 3. The van der Waals surface area contributed by atoms with Crippen molar-refractivity contribution in [3.05, 3.63) is 0 Å². The fourth-order valence-corrected chi connectivity index (χ4v) is 7.00. The van der Waals surface area contributed by atoms with Crippen LogP contribution in [0.25, 0.3) is 0 Å². The van der Waals surface area contributed by atoms with Crippen molar-refractivity contribution in [3.8, 4) is 0 Å². The molecule has 2 aliphatic rings. The van der Waals surface area contributed by atoms with Crippen molar-refractivity contribution in [2.45, 2.75) is 116 Å². The van der Waals surface area contributed by atoms with E-state index in [-0.39, 0.29) is 37.1 Å². The molecule has 0 saturated carbocycles. The van der Waals surface area contributed by atoms with Crippen LogP contribution in [-0.4, -0.2) is 158 Å². The highest BCUT2D eigenvalue weighted by Crippen LogP contribution is 2.38. The number of cyclic esters (lactones) is 1. The number of carbonyl (C=O) groups excluding carboxylic acids is 2. The molecular formula is C33H63N3O9. The van der Waals surface area contributed by atoms with Gasteiger partial charge in [0.25, 0.3) is 0 Å². The number of esters is 1. The molecule has 0 aromatic heterocycles. The van der Waals surface area contributed by atoms with E-state index in [9.17, 15) is 24.9 Å². The minimum atomic E-state index is -1.52. The molecule has 264 valence electrons. The fraction of sp³-hybridized carbons (Fsp3) is 0.939. The minimum Gasteiger partial charge on any atom is -0.463 e. The van der Waals surface area contributed by atoms with Gasteiger partial charge in [0.1, 0.15) is 18.1 Å². The second-order valence-corrected chi connectivity index (χ2v) is 14.4. The predicted octanol–water partition coefficient (Wildman–Crippen LogP) is 1.38. The van der Waals surface area contributed by atoms with Crippen LogP contribution in [0.4, 0.5) is 0 Å². The normalized spacial score (nSPS) is 36.7. The van der Waals surface area contributed by atoms with Gasteiger partial charge in [-0.15, -0.1) is 0 Å². The molecule has 0 aromatic rings. The number of ketones is 1. The van der Waals surface area contributed by atoms with Crippen molar-refractivity contribution in [3.63, 3.8) is 0 Å². The SMILES string of the molecule is CCN1C[C@H](C)C[C@@](C)(OC)[C@H](O[C@@H]2O[C@H](C)C[C@H](N(C)C)[C@H]2O)[C@@H](C)C(=O)C(C)(C)C(=O)OC[C@H]1[C@H](O)CCN(C)CCO. The summed E-state index contributed by atoms with van der Waals surface area (Å²) in [6, 6.07) is -0.701. The number of likely N-dealkylation sites (N-methyl/N-ethyl adjacent to an activating group) is 3. The van der Waals surface area contributed by atoms with E-state index < -0.39 is 53.5 Å². The fourth-order valence-electron chi connectivity index (χ4n) is 7.00. The summed E-state index contributed by atoms with van der Waals surface area (Å²) in [5.41, 5.74) is -2.52. The molecule has 45 heavy (non-hydrogen) atoms. The quantitative estimate of drug-likeness (QED) is 0.221. The third-order valence-electron chi connectivity index (χ3n) is 9.91. The average molecular weight is 646 g/mol. The Kier molecular flexibility index (Phi) is 15.3. The molecule has 0 aromatic carbocycles. The molecule has 2 rings (SSSR count). The van der Waals surface area contributed by atoms with Gasteiger partial charge < -0.3 is 44.1 Å². The Labute approximate surface area is 271 Å². The maximum atomic E-state index is 14.2. The van der Waals surface area contributed by atoms with Crippen LogP contribution >= 0.6 is 0 Å². The molecule has 2 heterocycles. The Bertz CT molecular complexity index is 937. The Morgan fingerprint density at radius 1 is 1.11 bits per heavy atom. The van der Waals surface area contributed by atoms with Crippen LogP contribution in [0.1, 0.15) is 67.7 Å². The summed E-state index contributed by atoms with van der Waals surface area (Å²) in [5, 5.41) is 31.9. The minimum absolute atomic E-state index is 0.0187. The van der Waals surface area contributed by atoms with Gasteiger partial charge in [-0.25, -0.2) is 0 Å². The Balaban J connectivity index is 2.51. The average Bonchev–Trinajstić information content (AvgIpc) is 2.98. The zero-order valence-electron chi connectivity index (χ0n) is 29.7. The Hall–Kier alpha value is -1.22. The van der Waals surface area contributed by atoms with E-state index in [1.807, 2.05) is 51.7 Å². The topological polar surface area (TPSA) is 141 Å². The van der Waals surface area contributed by atoms with Gasteiger partial charge in [-0.2, -0.15) is 0 Å². The van der Waals surface area contributed by atoms with Crippen LogP contribution in [-0.2, 0) is 28.5 Å². The van der Waals surface area contributed by atoms with E-state index >= 15 is 0 Å². The van der Waals surface area contributed by atoms with E-state index in [1.54, 1.807) is 27.9 Å². The first kappa shape index (κ1) is 40.0. The largest absolute Gasteiger partial charge is 0.463 e. The molecule has 0 bridgehead atoms. The summed E-state index contributed by atoms with van der Waals surface area (Å²) >= 11 is 0. The first-order valence-electron chi connectivity index (χ1n) is 16.6. The van der Waals surface area contributed by atoms with Gasteiger partial charge in [-0.1, -0.05) is 20.8 Å². The smallest absolute Gasteiger partial charge is 0.319 e. The highest BCUT2D eigenvalue weighted by Gasteiger charge is 2.51. The number of hydrogen-bond acceptors (Lipinski definition) is 12. The van der Waals surface area contributed by atoms with E-state index in [4.69, 9.17) is 18.9 Å². The second-order valence-electron chi connectivity index (χ2n) is 14.4. The van der Waals surface area contributed by atoms with Crippen molar-refractivity contribution in [1.29, 1.82) is 0 Å². The zero-order chi connectivity index (χ0) is 34.3. The summed E-state index contributed by atoms with van der Waals surface area (Å²) in [7, 11) is 7.28. The summed E-state index contributed by atoms with van der Waals surface area (Å²) in [6.45, 7) is 15.0. The van der Waals surface area contributed by atoms with Crippen molar-refractivity contribution in [1.82, 2.24) is 14.7 Å². The number of methoxy groups -OCH3 is 1. The molecule has 0 amide bonds. The third kappa shape index (κ3) is 10.1. The summed E-state index contributed by atoms with van der Waals surface area (Å²) in [4.78, 5) is 33.8. The molecule has 0 spiro atoms. The molecule has 12 nitrogen and oxygen atoms in total. The molecule has 2 saturated heterocycles. The molecule has 0 radical (unpaired) electrons. The van der Waals surface area contributed by atoms with E-state index in [0.717, 1.165) is 0 Å². The van der Waals surface area contributed by atoms with Gasteiger partial charge in [-0.3, -0.25) is 14.5 Å². The third-order valence-corrected chi connectivity index (χ3v) is 9.91. The zero-order valence-corrected chi connectivity index (χ0v) is 29.7. The highest BCUT2D eigenvalue weighted by atomic mass is 16.7. The van der Waals surface area contributed by atoms with E-state index in [0.29, 0.717) is 45.4 Å². The summed E-state index contributed by atoms with van der Waals surface area (Å²) < 4.78 is 24.7. The molecule has 12 heteroatoms. The lowest BCUT2D eigenvalue weighted by atomic mass is 9.74. The first-order valence-corrected chi connectivity index (χ1v) is 16.6. The van der Waals surface area contributed by atoms with Crippen LogP contribution in [0.3, 0.4) is 0 Å². The van der Waals surface area contributed by atoms with Crippen LogP contribution in [0.5, 0.6) is 0 Å². The van der Waals surface area contributed by atoms with Crippen molar-refractivity contribution in [2.75, 3.05) is 67.6 Å². The molecule has 2 fully saturated rings. The molecule has 0 aliphatic carbocycles.